The summed E-state index contributed by atoms with van der Waals surface area (Å²) in [5.41, 5.74) is 1.81. The van der Waals surface area contributed by atoms with Crippen molar-refractivity contribution in [3.63, 3.8) is 0 Å². The fourth-order valence-corrected chi connectivity index (χ4v) is 1.79. The lowest BCUT2D eigenvalue weighted by Gasteiger charge is -2.19. The van der Waals surface area contributed by atoms with Crippen molar-refractivity contribution in [2.75, 3.05) is 19.1 Å². The molecule has 0 fully saturated rings. The van der Waals surface area contributed by atoms with Gasteiger partial charge in [-0.3, -0.25) is 0 Å². The van der Waals surface area contributed by atoms with Crippen LogP contribution in [0.1, 0.15) is 18.6 Å². The second kappa shape index (κ2) is 5.71. The highest BCUT2D eigenvalue weighted by atomic mass is 16.5. The molecule has 0 saturated heterocycles. The Hall–Kier alpha value is -2.07. The second-order valence-electron chi connectivity index (χ2n) is 4.39. The van der Waals surface area contributed by atoms with E-state index in [-0.39, 0.29) is 0 Å². The Kier molecular flexibility index (Phi) is 4.02. The van der Waals surface area contributed by atoms with E-state index in [1.165, 1.54) is 0 Å². The fraction of sp³-hybridized carbons (Fsp3) is 0.267. The van der Waals surface area contributed by atoms with E-state index in [4.69, 9.17) is 4.74 Å². The van der Waals surface area contributed by atoms with E-state index in [9.17, 15) is 5.11 Å². The SMILES string of the molecule is COc1cccc(N(C)c2ccc([C@H](C)O)cn2)c1. The van der Waals surface area contributed by atoms with Crippen LogP contribution in [0.25, 0.3) is 0 Å². The minimum absolute atomic E-state index is 0.497. The zero-order valence-electron chi connectivity index (χ0n) is 11.4. The number of rotatable bonds is 4. The molecule has 2 aromatic rings. The van der Waals surface area contributed by atoms with Gasteiger partial charge in [0.25, 0.3) is 0 Å². The zero-order valence-corrected chi connectivity index (χ0v) is 11.4. The molecule has 1 N–H and O–H groups in total. The van der Waals surface area contributed by atoms with Gasteiger partial charge in [0.2, 0.25) is 0 Å². The lowest BCUT2D eigenvalue weighted by Crippen LogP contribution is -2.11. The Morgan fingerprint density at radius 1 is 1.26 bits per heavy atom. The average Bonchev–Trinajstić information content (AvgIpc) is 2.46. The summed E-state index contributed by atoms with van der Waals surface area (Å²) in [7, 11) is 3.59. The second-order valence-corrected chi connectivity index (χ2v) is 4.39. The predicted octanol–water partition coefficient (Wildman–Crippen LogP) is 2.91. The smallest absolute Gasteiger partial charge is 0.132 e. The Bertz CT molecular complexity index is 538. The molecule has 0 aliphatic carbocycles. The minimum atomic E-state index is -0.497. The molecule has 4 heteroatoms. The molecule has 0 spiro atoms. The monoisotopic (exact) mass is 258 g/mol. The van der Waals surface area contributed by atoms with Gasteiger partial charge in [0.05, 0.1) is 13.2 Å². The summed E-state index contributed by atoms with van der Waals surface area (Å²) in [5.74, 6) is 1.63. The number of hydrogen-bond acceptors (Lipinski definition) is 4. The average molecular weight is 258 g/mol. The lowest BCUT2D eigenvalue weighted by atomic mass is 10.2. The van der Waals surface area contributed by atoms with E-state index in [0.717, 1.165) is 22.8 Å². The van der Waals surface area contributed by atoms with Crippen LogP contribution in [0.4, 0.5) is 11.5 Å². The number of pyridine rings is 1. The van der Waals surface area contributed by atoms with Crippen LogP contribution in [0.5, 0.6) is 5.75 Å². The highest BCUT2D eigenvalue weighted by Gasteiger charge is 2.07. The van der Waals surface area contributed by atoms with E-state index in [1.54, 1.807) is 20.2 Å². The van der Waals surface area contributed by atoms with Crippen LogP contribution in [0.15, 0.2) is 42.6 Å². The van der Waals surface area contributed by atoms with Gasteiger partial charge in [0.15, 0.2) is 0 Å². The summed E-state index contributed by atoms with van der Waals surface area (Å²) < 4.78 is 5.21. The maximum atomic E-state index is 9.47. The molecule has 0 saturated carbocycles. The Labute approximate surface area is 113 Å². The number of ether oxygens (including phenoxy) is 1. The van der Waals surface area contributed by atoms with E-state index in [0.29, 0.717) is 0 Å². The highest BCUT2D eigenvalue weighted by molar-refractivity contribution is 5.60. The molecule has 0 radical (unpaired) electrons. The first-order chi connectivity index (χ1) is 9.11. The molecule has 1 aromatic heterocycles. The van der Waals surface area contributed by atoms with Gasteiger partial charge < -0.3 is 14.7 Å². The van der Waals surface area contributed by atoms with Crippen molar-refractivity contribution in [3.8, 4) is 5.75 Å². The molecule has 1 atom stereocenters. The van der Waals surface area contributed by atoms with Gasteiger partial charge in [-0.05, 0) is 30.7 Å². The molecule has 0 aliphatic heterocycles. The first-order valence-corrected chi connectivity index (χ1v) is 6.13. The van der Waals surface area contributed by atoms with Gasteiger partial charge in [-0.2, -0.15) is 0 Å². The molecule has 2 rings (SSSR count). The van der Waals surface area contributed by atoms with Crippen molar-refractivity contribution in [2.45, 2.75) is 13.0 Å². The maximum Gasteiger partial charge on any atom is 0.132 e. The van der Waals surface area contributed by atoms with Crippen molar-refractivity contribution in [1.82, 2.24) is 4.98 Å². The normalized spacial score (nSPS) is 12.0. The fourth-order valence-electron chi connectivity index (χ4n) is 1.79. The van der Waals surface area contributed by atoms with Crippen LogP contribution in [0.2, 0.25) is 0 Å². The third-order valence-corrected chi connectivity index (χ3v) is 3.04. The van der Waals surface area contributed by atoms with Crippen molar-refractivity contribution < 1.29 is 9.84 Å². The maximum absolute atomic E-state index is 9.47. The van der Waals surface area contributed by atoms with Crippen molar-refractivity contribution in [2.24, 2.45) is 0 Å². The van der Waals surface area contributed by atoms with Crippen molar-refractivity contribution in [3.05, 3.63) is 48.2 Å². The van der Waals surface area contributed by atoms with Gasteiger partial charge in [-0.25, -0.2) is 4.98 Å². The topological polar surface area (TPSA) is 45.6 Å². The van der Waals surface area contributed by atoms with E-state index in [1.807, 2.05) is 48.3 Å². The number of hydrogen-bond donors (Lipinski definition) is 1. The van der Waals surface area contributed by atoms with Crippen molar-refractivity contribution >= 4 is 11.5 Å². The number of aliphatic hydroxyl groups excluding tert-OH is 1. The molecule has 0 aliphatic rings. The van der Waals surface area contributed by atoms with Crippen LogP contribution >= 0.6 is 0 Å². The summed E-state index contributed by atoms with van der Waals surface area (Å²) in [5, 5.41) is 9.47. The van der Waals surface area contributed by atoms with Gasteiger partial charge in [-0.1, -0.05) is 12.1 Å². The summed E-state index contributed by atoms with van der Waals surface area (Å²) >= 11 is 0. The minimum Gasteiger partial charge on any atom is -0.497 e. The molecule has 4 nitrogen and oxygen atoms in total. The van der Waals surface area contributed by atoms with Gasteiger partial charge >= 0.3 is 0 Å². The van der Waals surface area contributed by atoms with Gasteiger partial charge in [-0.15, -0.1) is 0 Å². The molecule has 100 valence electrons. The van der Waals surface area contributed by atoms with Crippen LogP contribution in [0, 0.1) is 0 Å². The highest BCUT2D eigenvalue weighted by Crippen LogP contribution is 2.25. The number of aliphatic hydroxyl groups is 1. The standard InChI is InChI=1S/C15H18N2O2/c1-11(18)12-7-8-15(16-10-12)17(2)13-5-4-6-14(9-13)19-3/h4-11,18H,1-3H3/t11-/m0/s1. The van der Waals surface area contributed by atoms with Crippen LogP contribution in [-0.2, 0) is 0 Å². The predicted molar refractivity (Wildman–Crippen MR) is 75.9 cm³/mol. The molecule has 0 unspecified atom stereocenters. The summed E-state index contributed by atoms with van der Waals surface area (Å²) in [6, 6.07) is 11.6. The largest absolute Gasteiger partial charge is 0.497 e. The molecule has 1 aromatic carbocycles. The summed E-state index contributed by atoms with van der Waals surface area (Å²) in [6.45, 7) is 1.72. The zero-order chi connectivity index (χ0) is 13.8. The Morgan fingerprint density at radius 2 is 2.05 bits per heavy atom. The van der Waals surface area contributed by atoms with Crippen molar-refractivity contribution in [1.29, 1.82) is 0 Å². The quantitative estimate of drug-likeness (QED) is 0.916. The molecule has 19 heavy (non-hydrogen) atoms. The number of aromatic nitrogens is 1. The molecule has 0 amide bonds. The van der Waals surface area contributed by atoms with Crippen LogP contribution < -0.4 is 9.64 Å². The van der Waals surface area contributed by atoms with Gasteiger partial charge in [0.1, 0.15) is 11.6 Å². The molecular weight excluding hydrogens is 240 g/mol. The Balaban J connectivity index is 2.25. The van der Waals surface area contributed by atoms with E-state index in [2.05, 4.69) is 4.98 Å². The van der Waals surface area contributed by atoms with E-state index < -0.39 is 6.10 Å². The van der Waals surface area contributed by atoms with Gasteiger partial charge in [0, 0.05) is 25.0 Å². The van der Waals surface area contributed by atoms with Crippen LogP contribution in [0.3, 0.4) is 0 Å². The number of anilines is 2. The first kappa shape index (κ1) is 13.4. The van der Waals surface area contributed by atoms with E-state index >= 15 is 0 Å². The number of nitrogens with zero attached hydrogens (tertiary/aromatic N) is 2. The molecule has 0 bridgehead atoms. The third kappa shape index (κ3) is 3.03. The number of benzene rings is 1. The number of methoxy groups -OCH3 is 1. The molecule has 1 heterocycles. The lowest BCUT2D eigenvalue weighted by molar-refractivity contribution is 0.199. The third-order valence-electron chi connectivity index (χ3n) is 3.04. The molecular formula is C15H18N2O2. The Morgan fingerprint density at radius 3 is 2.63 bits per heavy atom. The van der Waals surface area contributed by atoms with Crippen LogP contribution in [-0.4, -0.2) is 24.2 Å². The summed E-state index contributed by atoms with van der Waals surface area (Å²) in [4.78, 5) is 6.32. The first-order valence-electron chi connectivity index (χ1n) is 6.13. The summed E-state index contributed by atoms with van der Waals surface area (Å²) in [6.07, 6.45) is 1.19.